The molecule has 2 aromatic carbocycles. The van der Waals surface area contributed by atoms with Crippen LogP contribution in [0.4, 0.5) is 35.1 Å². The molecule has 4 aliphatic rings. The van der Waals surface area contributed by atoms with Crippen molar-refractivity contribution in [2.75, 3.05) is 0 Å². The Morgan fingerprint density at radius 2 is 0.814 bits per heavy atom. The summed E-state index contributed by atoms with van der Waals surface area (Å²) in [6, 6.07) is 13.1. The highest BCUT2D eigenvalue weighted by atomic mass is 19.4. The molecular formula is C49H68F8O2. The lowest BCUT2D eigenvalue weighted by Crippen LogP contribution is -2.36. The minimum atomic E-state index is -5.06. The molecule has 10 heteroatoms. The van der Waals surface area contributed by atoms with Crippen molar-refractivity contribution in [3.05, 3.63) is 59.7 Å². The Morgan fingerprint density at radius 3 is 1.19 bits per heavy atom. The van der Waals surface area contributed by atoms with Crippen LogP contribution in [0.15, 0.2) is 48.5 Å². The Kier molecular flexibility index (Phi) is 16.4. The van der Waals surface area contributed by atoms with Gasteiger partial charge in [0.2, 0.25) is 0 Å². The molecule has 59 heavy (non-hydrogen) atoms. The third-order valence-corrected chi connectivity index (χ3v) is 15.4. The molecule has 0 heterocycles. The van der Waals surface area contributed by atoms with E-state index in [1.807, 2.05) is 12.1 Å². The van der Waals surface area contributed by atoms with Gasteiger partial charge in [0.25, 0.3) is 0 Å². The predicted octanol–water partition coefficient (Wildman–Crippen LogP) is 16.2. The van der Waals surface area contributed by atoms with Gasteiger partial charge in [-0.2, -0.15) is 35.1 Å². The molecule has 0 spiro atoms. The highest BCUT2D eigenvalue weighted by Crippen LogP contribution is 2.52. The van der Waals surface area contributed by atoms with Gasteiger partial charge in [-0.1, -0.05) is 95.9 Å². The lowest BCUT2D eigenvalue weighted by molar-refractivity contribution is -0.236. The fourth-order valence-electron chi connectivity index (χ4n) is 12.0. The number of ether oxygens (including phenoxy) is 2. The first kappa shape index (κ1) is 46.0. The average Bonchev–Trinajstić information content (AvgIpc) is 3.23. The second-order valence-electron chi connectivity index (χ2n) is 19.1. The molecule has 2 nitrogen and oxygen atoms in total. The molecule has 4 aliphatic carbocycles. The maximum Gasteiger partial charge on any atom is 0.457 e. The summed E-state index contributed by atoms with van der Waals surface area (Å²) in [4.78, 5) is 0. The predicted molar refractivity (Wildman–Crippen MR) is 218 cm³/mol. The summed E-state index contributed by atoms with van der Waals surface area (Å²) in [5.41, 5.74) is 2.17. The Balaban J connectivity index is 1.14. The molecule has 4 atom stereocenters. The second-order valence-corrected chi connectivity index (χ2v) is 19.1. The van der Waals surface area contributed by atoms with Gasteiger partial charge in [-0.3, -0.25) is 0 Å². The van der Waals surface area contributed by atoms with Crippen molar-refractivity contribution in [1.29, 1.82) is 0 Å². The number of hydrogen-bond donors (Lipinski definition) is 0. The van der Waals surface area contributed by atoms with Crippen LogP contribution in [0.3, 0.4) is 0 Å². The van der Waals surface area contributed by atoms with Gasteiger partial charge < -0.3 is 9.47 Å². The number of hydrogen-bond acceptors (Lipinski definition) is 2. The zero-order valence-corrected chi connectivity index (χ0v) is 35.2. The van der Waals surface area contributed by atoms with Gasteiger partial charge in [-0.05, 0) is 172 Å². The molecule has 0 saturated heterocycles. The molecule has 332 valence electrons. The third kappa shape index (κ3) is 13.0. The van der Waals surface area contributed by atoms with Gasteiger partial charge in [0.15, 0.2) is 0 Å². The van der Waals surface area contributed by atoms with Gasteiger partial charge in [0, 0.05) is 0 Å². The lowest BCUT2D eigenvalue weighted by Gasteiger charge is -2.46. The normalized spacial score (nSPS) is 30.5. The van der Waals surface area contributed by atoms with E-state index in [1.54, 1.807) is 12.1 Å². The van der Waals surface area contributed by atoms with Crippen LogP contribution in [0.25, 0.3) is 0 Å². The Hall–Kier alpha value is -2.52. The summed E-state index contributed by atoms with van der Waals surface area (Å²) in [7, 11) is 0. The molecule has 4 saturated carbocycles. The first-order valence-electron chi connectivity index (χ1n) is 23.1. The van der Waals surface area contributed by atoms with E-state index in [-0.39, 0.29) is 11.5 Å². The Bertz CT molecular complexity index is 1490. The van der Waals surface area contributed by atoms with Crippen molar-refractivity contribution >= 4 is 0 Å². The van der Waals surface area contributed by atoms with E-state index in [1.165, 1.54) is 108 Å². The highest BCUT2D eigenvalue weighted by Gasteiger charge is 2.44. The fourth-order valence-corrected chi connectivity index (χ4v) is 12.0. The first-order valence-corrected chi connectivity index (χ1v) is 23.1. The molecular weight excluding hydrogens is 773 g/mol. The number of rotatable bonds is 16. The van der Waals surface area contributed by atoms with E-state index < -0.39 is 25.1 Å². The van der Waals surface area contributed by atoms with Gasteiger partial charge in [0.05, 0.1) is 0 Å². The van der Waals surface area contributed by atoms with Crippen LogP contribution in [0, 0.1) is 47.3 Å². The molecule has 0 N–H and O–H groups in total. The standard InChI is InChI=1S/C49H68F8O2/c1-3-5-33-6-8-34(9-7-33)30-45(41-20-18-37(19-21-41)39-24-28-43(29-25-39)59-47(51)49(55,56)57)44(40-16-10-32(4-2)11-17-40)31-35-12-14-36(15-13-35)38-22-26-42(27-23-38)58-46(50)48(52,53)54/h22-29,32-37,40-41,44-47H,3-21,30-31H2,1-2H3. The van der Waals surface area contributed by atoms with E-state index in [9.17, 15) is 35.1 Å². The molecule has 0 radical (unpaired) electrons. The van der Waals surface area contributed by atoms with Gasteiger partial charge in [-0.25, -0.2) is 0 Å². The summed E-state index contributed by atoms with van der Waals surface area (Å²) in [5.74, 6) is 6.28. The highest BCUT2D eigenvalue weighted by molar-refractivity contribution is 5.31. The van der Waals surface area contributed by atoms with Crippen molar-refractivity contribution in [2.24, 2.45) is 47.3 Å². The molecule has 6 rings (SSSR count). The molecule has 2 aromatic rings. The van der Waals surface area contributed by atoms with Crippen molar-refractivity contribution in [2.45, 2.75) is 186 Å². The Labute approximate surface area is 348 Å². The van der Waals surface area contributed by atoms with Crippen LogP contribution < -0.4 is 9.47 Å². The Morgan fingerprint density at radius 1 is 0.475 bits per heavy atom. The van der Waals surface area contributed by atoms with E-state index in [0.29, 0.717) is 35.5 Å². The fraction of sp³-hybridized carbons (Fsp3) is 0.755. The van der Waals surface area contributed by atoms with Crippen LogP contribution in [-0.2, 0) is 0 Å². The van der Waals surface area contributed by atoms with Crippen LogP contribution in [0.1, 0.15) is 172 Å². The van der Waals surface area contributed by atoms with Crippen LogP contribution >= 0.6 is 0 Å². The number of alkyl halides is 8. The van der Waals surface area contributed by atoms with Gasteiger partial charge in [0.1, 0.15) is 11.5 Å². The van der Waals surface area contributed by atoms with Crippen molar-refractivity contribution in [3.8, 4) is 11.5 Å². The van der Waals surface area contributed by atoms with Gasteiger partial charge >= 0.3 is 25.1 Å². The van der Waals surface area contributed by atoms with Crippen molar-refractivity contribution in [3.63, 3.8) is 0 Å². The summed E-state index contributed by atoms with van der Waals surface area (Å²) >= 11 is 0. The van der Waals surface area contributed by atoms with E-state index >= 15 is 0 Å². The summed E-state index contributed by atoms with van der Waals surface area (Å²) in [6.07, 6.45) is 9.04. The second kappa shape index (κ2) is 21.0. The summed E-state index contributed by atoms with van der Waals surface area (Å²) < 4.78 is 112. The van der Waals surface area contributed by atoms with Crippen molar-refractivity contribution in [1.82, 2.24) is 0 Å². The van der Waals surface area contributed by atoms with Crippen LogP contribution in [-0.4, -0.2) is 25.1 Å². The first-order chi connectivity index (χ1) is 28.2. The number of benzene rings is 2. The zero-order chi connectivity index (χ0) is 42.2. The molecule has 0 aliphatic heterocycles. The zero-order valence-electron chi connectivity index (χ0n) is 35.2. The number of halogens is 8. The monoisotopic (exact) mass is 841 g/mol. The molecule has 0 aromatic heterocycles. The maximum absolute atomic E-state index is 13.5. The van der Waals surface area contributed by atoms with Crippen molar-refractivity contribution < 1.29 is 44.6 Å². The lowest BCUT2D eigenvalue weighted by atomic mass is 9.59. The smallest absolute Gasteiger partial charge is 0.452 e. The molecule has 4 unspecified atom stereocenters. The minimum Gasteiger partial charge on any atom is -0.452 e. The summed E-state index contributed by atoms with van der Waals surface area (Å²) in [5, 5.41) is 0. The third-order valence-electron chi connectivity index (χ3n) is 15.4. The minimum absolute atomic E-state index is 0.112. The van der Waals surface area contributed by atoms with E-state index in [2.05, 4.69) is 23.3 Å². The van der Waals surface area contributed by atoms with Crippen LogP contribution in [0.5, 0.6) is 11.5 Å². The van der Waals surface area contributed by atoms with Gasteiger partial charge in [-0.15, -0.1) is 0 Å². The van der Waals surface area contributed by atoms with E-state index in [4.69, 9.17) is 0 Å². The maximum atomic E-state index is 13.5. The average molecular weight is 841 g/mol. The topological polar surface area (TPSA) is 18.5 Å². The van der Waals surface area contributed by atoms with Crippen LogP contribution in [0.2, 0.25) is 0 Å². The largest absolute Gasteiger partial charge is 0.457 e. The quantitative estimate of drug-likeness (QED) is 0.157. The van der Waals surface area contributed by atoms with E-state index in [0.717, 1.165) is 86.2 Å². The molecule has 0 amide bonds. The molecule has 0 bridgehead atoms. The summed E-state index contributed by atoms with van der Waals surface area (Å²) in [6.45, 7) is 4.63. The molecule has 4 fully saturated rings. The SMILES string of the molecule is CCCC1CCC(CC(C2CCC(c3ccc(OC(F)C(F)(F)F)cc3)CC2)C(CC2CCC(c3ccc(OC(F)C(F)(F)F)cc3)CC2)C2CCC(CC)CC2)CC1.